The first kappa shape index (κ1) is 9.98. The van der Waals surface area contributed by atoms with Crippen LogP contribution in [0.5, 0.6) is 0 Å². The van der Waals surface area contributed by atoms with Crippen molar-refractivity contribution in [1.82, 2.24) is 9.78 Å². The molecule has 0 aliphatic heterocycles. The van der Waals surface area contributed by atoms with Crippen molar-refractivity contribution in [2.75, 3.05) is 0 Å². The third-order valence-electron chi connectivity index (χ3n) is 2.52. The van der Waals surface area contributed by atoms with Crippen molar-refractivity contribution >= 4 is 0 Å². The Kier molecular flexibility index (Phi) is 2.60. The molecular formula is C11H15N3O. The molecule has 0 aliphatic carbocycles. The molecule has 2 aromatic heterocycles. The van der Waals surface area contributed by atoms with Crippen LogP contribution in [-0.4, -0.2) is 9.78 Å². The van der Waals surface area contributed by atoms with Crippen LogP contribution in [0.4, 0.5) is 0 Å². The van der Waals surface area contributed by atoms with Crippen LogP contribution in [0.15, 0.2) is 22.7 Å². The zero-order valence-electron chi connectivity index (χ0n) is 9.03. The number of aromatic nitrogens is 2. The highest BCUT2D eigenvalue weighted by atomic mass is 16.3. The first-order valence-electron chi connectivity index (χ1n) is 4.97. The van der Waals surface area contributed by atoms with Gasteiger partial charge in [0.15, 0.2) is 0 Å². The highest BCUT2D eigenvalue weighted by Gasteiger charge is 2.07. The van der Waals surface area contributed by atoms with Gasteiger partial charge in [0.1, 0.15) is 11.5 Å². The molecule has 2 N–H and O–H groups in total. The SMILES string of the molecule is Cc1oc(CN)cc1Cn1nccc1C. The lowest BCUT2D eigenvalue weighted by Crippen LogP contribution is -2.03. The fourth-order valence-electron chi connectivity index (χ4n) is 1.57. The molecule has 0 aromatic carbocycles. The predicted molar refractivity (Wildman–Crippen MR) is 57.4 cm³/mol. The monoisotopic (exact) mass is 205 g/mol. The van der Waals surface area contributed by atoms with Gasteiger partial charge in [-0.25, -0.2) is 0 Å². The van der Waals surface area contributed by atoms with Gasteiger partial charge >= 0.3 is 0 Å². The Balaban J connectivity index is 2.24. The Labute approximate surface area is 88.7 Å². The summed E-state index contributed by atoms with van der Waals surface area (Å²) in [7, 11) is 0. The van der Waals surface area contributed by atoms with Gasteiger partial charge in [-0.1, -0.05) is 0 Å². The lowest BCUT2D eigenvalue weighted by molar-refractivity contribution is 0.480. The topological polar surface area (TPSA) is 57.0 Å². The van der Waals surface area contributed by atoms with Gasteiger partial charge in [0.25, 0.3) is 0 Å². The summed E-state index contributed by atoms with van der Waals surface area (Å²) in [6.45, 7) is 5.17. The van der Waals surface area contributed by atoms with Gasteiger partial charge in [-0.15, -0.1) is 0 Å². The van der Waals surface area contributed by atoms with E-state index in [-0.39, 0.29) is 0 Å². The summed E-state index contributed by atoms with van der Waals surface area (Å²) < 4.78 is 7.43. The number of furan rings is 1. The molecule has 4 nitrogen and oxygen atoms in total. The summed E-state index contributed by atoms with van der Waals surface area (Å²) in [4.78, 5) is 0. The highest BCUT2D eigenvalue weighted by molar-refractivity contribution is 5.21. The summed E-state index contributed by atoms with van der Waals surface area (Å²) in [5.41, 5.74) is 7.80. The van der Waals surface area contributed by atoms with Crippen molar-refractivity contribution in [2.45, 2.75) is 26.9 Å². The molecule has 0 amide bonds. The number of nitrogens with two attached hydrogens (primary N) is 1. The Morgan fingerprint density at radius 2 is 2.27 bits per heavy atom. The van der Waals surface area contributed by atoms with E-state index in [1.54, 1.807) is 6.20 Å². The van der Waals surface area contributed by atoms with E-state index in [0.29, 0.717) is 6.54 Å². The maximum absolute atomic E-state index is 5.52. The molecule has 2 aromatic rings. The lowest BCUT2D eigenvalue weighted by Gasteiger charge is -2.02. The van der Waals surface area contributed by atoms with E-state index in [2.05, 4.69) is 5.10 Å². The second-order valence-electron chi connectivity index (χ2n) is 3.63. The minimum atomic E-state index is 0.443. The zero-order chi connectivity index (χ0) is 10.8. The van der Waals surface area contributed by atoms with Crippen molar-refractivity contribution in [3.63, 3.8) is 0 Å². The molecular weight excluding hydrogens is 190 g/mol. The van der Waals surface area contributed by atoms with Crippen LogP contribution in [0, 0.1) is 13.8 Å². The van der Waals surface area contributed by atoms with Gasteiger partial charge in [0.05, 0.1) is 13.1 Å². The Morgan fingerprint density at radius 3 is 2.80 bits per heavy atom. The normalized spacial score (nSPS) is 10.9. The second-order valence-corrected chi connectivity index (χ2v) is 3.63. The van der Waals surface area contributed by atoms with E-state index < -0.39 is 0 Å². The summed E-state index contributed by atoms with van der Waals surface area (Å²) in [5, 5.41) is 4.23. The van der Waals surface area contributed by atoms with Gasteiger partial charge < -0.3 is 10.2 Å². The van der Waals surface area contributed by atoms with E-state index in [9.17, 15) is 0 Å². The summed E-state index contributed by atoms with van der Waals surface area (Å²) in [5.74, 6) is 1.75. The quantitative estimate of drug-likeness (QED) is 0.828. The van der Waals surface area contributed by atoms with Crippen LogP contribution >= 0.6 is 0 Å². The molecule has 0 atom stereocenters. The van der Waals surface area contributed by atoms with Gasteiger partial charge in [-0.2, -0.15) is 5.10 Å². The molecule has 4 heteroatoms. The molecule has 2 rings (SSSR count). The third-order valence-corrected chi connectivity index (χ3v) is 2.52. The maximum Gasteiger partial charge on any atom is 0.118 e. The van der Waals surface area contributed by atoms with Crippen LogP contribution in [0.2, 0.25) is 0 Å². The van der Waals surface area contributed by atoms with Gasteiger partial charge in [0.2, 0.25) is 0 Å². The minimum absolute atomic E-state index is 0.443. The smallest absolute Gasteiger partial charge is 0.118 e. The van der Waals surface area contributed by atoms with Crippen molar-refractivity contribution in [3.8, 4) is 0 Å². The van der Waals surface area contributed by atoms with Gasteiger partial charge in [-0.05, 0) is 26.0 Å². The number of aryl methyl sites for hydroxylation is 2. The van der Waals surface area contributed by atoms with Crippen molar-refractivity contribution in [2.24, 2.45) is 5.73 Å². The first-order valence-corrected chi connectivity index (χ1v) is 4.97. The highest BCUT2D eigenvalue weighted by Crippen LogP contribution is 2.15. The summed E-state index contributed by atoms with van der Waals surface area (Å²) in [6.07, 6.45) is 1.80. The predicted octanol–water partition coefficient (Wildman–Crippen LogP) is 1.60. The standard InChI is InChI=1S/C11H15N3O/c1-8-3-4-13-14(8)7-10-5-11(6-12)15-9(10)2/h3-5H,6-7,12H2,1-2H3. The van der Waals surface area contributed by atoms with E-state index in [1.165, 1.54) is 0 Å². The number of rotatable bonds is 3. The fraction of sp³-hybridized carbons (Fsp3) is 0.364. The molecule has 0 aliphatic rings. The van der Waals surface area contributed by atoms with Crippen LogP contribution < -0.4 is 5.73 Å². The Morgan fingerprint density at radius 1 is 1.47 bits per heavy atom. The zero-order valence-corrected chi connectivity index (χ0v) is 9.03. The second kappa shape index (κ2) is 3.90. The molecule has 0 unspecified atom stereocenters. The Hall–Kier alpha value is -1.55. The van der Waals surface area contributed by atoms with E-state index in [0.717, 1.165) is 29.3 Å². The van der Waals surface area contributed by atoms with E-state index >= 15 is 0 Å². The largest absolute Gasteiger partial charge is 0.465 e. The van der Waals surface area contributed by atoms with Gasteiger partial charge in [-0.3, -0.25) is 4.68 Å². The van der Waals surface area contributed by atoms with E-state index in [4.69, 9.17) is 10.2 Å². The molecule has 80 valence electrons. The molecule has 0 saturated carbocycles. The molecule has 0 saturated heterocycles. The molecule has 15 heavy (non-hydrogen) atoms. The van der Waals surface area contributed by atoms with Crippen LogP contribution in [-0.2, 0) is 13.1 Å². The lowest BCUT2D eigenvalue weighted by atomic mass is 10.2. The number of nitrogens with zero attached hydrogens (tertiary/aromatic N) is 2. The number of hydrogen-bond acceptors (Lipinski definition) is 3. The minimum Gasteiger partial charge on any atom is -0.465 e. The van der Waals surface area contributed by atoms with Crippen molar-refractivity contribution < 1.29 is 4.42 Å². The summed E-state index contributed by atoms with van der Waals surface area (Å²) >= 11 is 0. The van der Waals surface area contributed by atoms with Crippen LogP contribution in [0.3, 0.4) is 0 Å². The third kappa shape index (κ3) is 1.94. The van der Waals surface area contributed by atoms with E-state index in [1.807, 2.05) is 30.7 Å². The van der Waals surface area contributed by atoms with Crippen LogP contribution in [0.1, 0.15) is 22.8 Å². The fourth-order valence-corrected chi connectivity index (χ4v) is 1.57. The van der Waals surface area contributed by atoms with Crippen molar-refractivity contribution in [1.29, 1.82) is 0 Å². The average Bonchev–Trinajstić information content (AvgIpc) is 2.76. The van der Waals surface area contributed by atoms with Crippen molar-refractivity contribution in [3.05, 3.63) is 41.1 Å². The molecule has 0 fully saturated rings. The first-order chi connectivity index (χ1) is 7.20. The maximum atomic E-state index is 5.52. The molecule has 0 bridgehead atoms. The number of hydrogen-bond donors (Lipinski definition) is 1. The summed E-state index contributed by atoms with van der Waals surface area (Å²) in [6, 6.07) is 3.98. The van der Waals surface area contributed by atoms with Crippen LogP contribution in [0.25, 0.3) is 0 Å². The van der Waals surface area contributed by atoms with Gasteiger partial charge in [0, 0.05) is 17.5 Å². The molecule has 2 heterocycles. The molecule has 0 spiro atoms. The average molecular weight is 205 g/mol. The molecule has 0 radical (unpaired) electrons. The Bertz CT molecular complexity index is 456.